The van der Waals surface area contributed by atoms with Gasteiger partial charge in [0.1, 0.15) is 5.69 Å². The number of ether oxygens (including phenoxy) is 2. The monoisotopic (exact) mass is 401 g/mol. The summed E-state index contributed by atoms with van der Waals surface area (Å²) in [4.78, 5) is 43.1. The number of para-hydroxylation sites is 2. The summed E-state index contributed by atoms with van der Waals surface area (Å²) in [6.07, 6.45) is 2.05. The van der Waals surface area contributed by atoms with E-state index in [1.54, 1.807) is 9.47 Å². The highest BCUT2D eigenvalue weighted by molar-refractivity contribution is 5.80. The van der Waals surface area contributed by atoms with Crippen LogP contribution in [0, 0.1) is 0 Å². The second-order valence-corrected chi connectivity index (χ2v) is 7.01. The van der Waals surface area contributed by atoms with Gasteiger partial charge in [-0.3, -0.25) is 14.4 Å². The van der Waals surface area contributed by atoms with E-state index in [1.165, 1.54) is 0 Å². The molecule has 1 saturated heterocycles. The van der Waals surface area contributed by atoms with Gasteiger partial charge in [-0.25, -0.2) is 4.98 Å². The normalized spacial score (nSPS) is 14.2. The van der Waals surface area contributed by atoms with E-state index in [2.05, 4.69) is 11.9 Å². The number of aromatic nitrogens is 2. The molecule has 1 aromatic heterocycles. The predicted molar refractivity (Wildman–Crippen MR) is 108 cm³/mol. The molecule has 1 fully saturated rings. The topological polar surface area (TPSA) is 90.7 Å². The van der Waals surface area contributed by atoms with Crippen molar-refractivity contribution in [1.82, 2.24) is 14.5 Å². The van der Waals surface area contributed by atoms with Crippen LogP contribution in [0.5, 0.6) is 0 Å². The van der Waals surface area contributed by atoms with Gasteiger partial charge in [-0.2, -0.15) is 0 Å². The highest BCUT2D eigenvalue weighted by Gasteiger charge is 2.19. The molecule has 0 spiro atoms. The largest absolute Gasteiger partial charge is 0.456 e. The van der Waals surface area contributed by atoms with Crippen molar-refractivity contribution in [3.8, 4) is 0 Å². The zero-order valence-electron chi connectivity index (χ0n) is 16.8. The van der Waals surface area contributed by atoms with Crippen molar-refractivity contribution in [1.29, 1.82) is 0 Å². The number of carbonyl (C=O) groups excluding carboxylic acids is 2. The van der Waals surface area contributed by atoms with Crippen LogP contribution in [0.3, 0.4) is 0 Å². The third-order valence-electron chi connectivity index (χ3n) is 4.94. The smallest absolute Gasteiger partial charge is 0.306 e. The standard InChI is InChI=1S/C21H27N3O5/c1-2-3-10-24-18-7-5-4-6-16(18)22-17(21(24)27)8-9-20(26)29-15-19(25)23-11-13-28-14-12-23/h4-7H,2-3,8-15H2,1H3. The van der Waals surface area contributed by atoms with Crippen molar-refractivity contribution in [3.63, 3.8) is 0 Å². The van der Waals surface area contributed by atoms with Crippen LogP contribution in [-0.4, -0.2) is 59.2 Å². The number of carbonyl (C=O) groups is 2. The summed E-state index contributed by atoms with van der Waals surface area (Å²) in [6, 6.07) is 7.50. The SMILES string of the molecule is CCCCn1c(=O)c(CCC(=O)OCC(=O)N2CCOCC2)nc2ccccc21. The molecule has 8 nitrogen and oxygen atoms in total. The molecule has 0 N–H and O–H groups in total. The number of nitrogens with zero attached hydrogens (tertiary/aromatic N) is 3. The van der Waals surface area contributed by atoms with Crippen LogP contribution in [0.15, 0.2) is 29.1 Å². The van der Waals surface area contributed by atoms with E-state index in [1.807, 2.05) is 24.3 Å². The Morgan fingerprint density at radius 2 is 1.97 bits per heavy atom. The highest BCUT2D eigenvalue weighted by Crippen LogP contribution is 2.12. The van der Waals surface area contributed by atoms with Gasteiger partial charge in [0.15, 0.2) is 6.61 Å². The first-order valence-electron chi connectivity index (χ1n) is 10.1. The number of aryl methyl sites for hydroxylation is 2. The molecule has 156 valence electrons. The van der Waals surface area contributed by atoms with Crippen molar-refractivity contribution in [2.24, 2.45) is 0 Å². The third-order valence-corrected chi connectivity index (χ3v) is 4.94. The fraction of sp³-hybridized carbons (Fsp3) is 0.524. The first-order valence-corrected chi connectivity index (χ1v) is 10.1. The first kappa shape index (κ1) is 21.0. The average molecular weight is 401 g/mol. The van der Waals surface area contributed by atoms with Crippen LogP contribution in [0.4, 0.5) is 0 Å². The molecule has 1 amide bonds. The van der Waals surface area contributed by atoms with Crippen LogP contribution < -0.4 is 5.56 Å². The maximum Gasteiger partial charge on any atom is 0.306 e. The quantitative estimate of drug-likeness (QED) is 0.623. The molecule has 2 heterocycles. The van der Waals surface area contributed by atoms with E-state index in [0.717, 1.165) is 23.9 Å². The number of unbranched alkanes of at least 4 members (excludes halogenated alkanes) is 1. The lowest BCUT2D eigenvalue weighted by atomic mass is 10.2. The van der Waals surface area contributed by atoms with Crippen LogP contribution in [0.25, 0.3) is 11.0 Å². The Bertz CT molecular complexity index is 918. The number of morpholine rings is 1. The minimum atomic E-state index is -0.513. The van der Waals surface area contributed by atoms with Gasteiger partial charge in [-0.1, -0.05) is 25.5 Å². The molecule has 0 unspecified atom stereocenters. The van der Waals surface area contributed by atoms with Gasteiger partial charge in [0, 0.05) is 26.1 Å². The van der Waals surface area contributed by atoms with Gasteiger partial charge in [-0.15, -0.1) is 0 Å². The van der Waals surface area contributed by atoms with Crippen molar-refractivity contribution < 1.29 is 19.1 Å². The molecule has 1 aliphatic rings. The lowest BCUT2D eigenvalue weighted by Gasteiger charge is -2.26. The fourth-order valence-electron chi connectivity index (χ4n) is 3.29. The summed E-state index contributed by atoms with van der Waals surface area (Å²) in [5, 5.41) is 0. The van der Waals surface area contributed by atoms with E-state index >= 15 is 0 Å². The molecule has 2 aromatic rings. The number of fused-ring (bicyclic) bond motifs is 1. The minimum absolute atomic E-state index is 0.00471. The number of rotatable bonds is 8. The molecule has 3 rings (SSSR count). The first-order chi connectivity index (χ1) is 14.1. The van der Waals surface area contributed by atoms with Crippen molar-refractivity contribution in [3.05, 3.63) is 40.3 Å². The molecule has 29 heavy (non-hydrogen) atoms. The molecule has 0 atom stereocenters. The molecular weight excluding hydrogens is 374 g/mol. The lowest BCUT2D eigenvalue weighted by molar-refractivity contribution is -0.153. The van der Waals surface area contributed by atoms with Crippen LogP contribution in [-0.2, 0) is 32.0 Å². The summed E-state index contributed by atoms with van der Waals surface area (Å²) >= 11 is 0. The fourth-order valence-corrected chi connectivity index (χ4v) is 3.29. The minimum Gasteiger partial charge on any atom is -0.456 e. The van der Waals surface area contributed by atoms with E-state index in [0.29, 0.717) is 38.5 Å². The summed E-state index contributed by atoms with van der Waals surface area (Å²) < 4.78 is 12.0. The molecule has 0 aliphatic carbocycles. The zero-order valence-corrected chi connectivity index (χ0v) is 16.8. The Labute approximate surface area is 169 Å². The number of hydrogen-bond donors (Lipinski definition) is 0. The van der Waals surface area contributed by atoms with Crippen LogP contribution in [0.2, 0.25) is 0 Å². The molecular formula is C21H27N3O5. The molecule has 0 radical (unpaired) electrons. The van der Waals surface area contributed by atoms with Gasteiger partial charge >= 0.3 is 5.97 Å². The number of benzene rings is 1. The Balaban J connectivity index is 1.62. The van der Waals surface area contributed by atoms with Crippen molar-refractivity contribution in [2.45, 2.75) is 39.2 Å². The summed E-state index contributed by atoms with van der Waals surface area (Å²) in [7, 11) is 0. The average Bonchev–Trinajstić information content (AvgIpc) is 2.76. The Morgan fingerprint density at radius 1 is 1.21 bits per heavy atom. The van der Waals surface area contributed by atoms with Crippen LogP contribution >= 0.6 is 0 Å². The number of hydrogen-bond acceptors (Lipinski definition) is 6. The molecule has 1 aliphatic heterocycles. The summed E-state index contributed by atoms with van der Waals surface area (Å²) in [5.74, 6) is -0.742. The maximum absolute atomic E-state index is 12.8. The zero-order chi connectivity index (χ0) is 20.6. The molecule has 8 heteroatoms. The van der Waals surface area contributed by atoms with E-state index in [-0.39, 0.29) is 30.9 Å². The Hall–Kier alpha value is -2.74. The summed E-state index contributed by atoms with van der Waals surface area (Å²) in [5.41, 5.74) is 1.70. The van der Waals surface area contributed by atoms with Gasteiger partial charge in [0.2, 0.25) is 0 Å². The van der Waals surface area contributed by atoms with E-state index in [4.69, 9.17) is 9.47 Å². The Morgan fingerprint density at radius 3 is 2.72 bits per heavy atom. The second-order valence-electron chi connectivity index (χ2n) is 7.01. The third kappa shape index (κ3) is 5.41. The number of amides is 1. The van der Waals surface area contributed by atoms with Gasteiger partial charge in [0.05, 0.1) is 30.7 Å². The number of esters is 1. The van der Waals surface area contributed by atoms with Gasteiger partial charge in [0.25, 0.3) is 11.5 Å². The second kappa shape index (κ2) is 10.2. The van der Waals surface area contributed by atoms with E-state index in [9.17, 15) is 14.4 Å². The Kier molecular flexibility index (Phi) is 7.35. The van der Waals surface area contributed by atoms with Gasteiger partial charge in [-0.05, 0) is 18.6 Å². The summed E-state index contributed by atoms with van der Waals surface area (Å²) in [6.45, 7) is 4.41. The molecule has 0 saturated carbocycles. The predicted octanol–water partition coefficient (Wildman–Crippen LogP) is 1.53. The van der Waals surface area contributed by atoms with E-state index < -0.39 is 5.97 Å². The van der Waals surface area contributed by atoms with Gasteiger partial charge < -0.3 is 18.9 Å². The van der Waals surface area contributed by atoms with Crippen LogP contribution in [0.1, 0.15) is 31.9 Å². The molecule has 0 bridgehead atoms. The van der Waals surface area contributed by atoms with Crippen molar-refractivity contribution >= 4 is 22.9 Å². The maximum atomic E-state index is 12.8. The van der Waals surface area contributed by atoms with Crippen molar-refractivity contribution in [2.75, 3.05) is 32.9 Å². The highest BCUT2D eigenvalue weighted by atomic mass is 16.5. The lowest BCUT2D eigenvalue weighted by Crippen LogP contribution is -2.42. The molecule has 1 aromatic carbocycles.